The summed E-state index contributed by atoms with van der Waals surface area (Å²) in [7, 11) is 1.45. The number of benzene rings is 1. The van der Waals surface area contributed by atoms with Gasteiger partial charge in [0.25, 0.3) is 5.91 Å². The Morgan fingerprint density at radius 2 is 1.64 bits per heavy atom. The van der Waals surface area contributed by atoms with Gasteiger partial charge in [-0.25, -0.2) is 15.0 Å². The minimum Gasteiger partial charge on any atom is -0.353 e. The van der Waals surface area contributed by atoms with Crippen LogP contribution in [0.25, 0.3) is 0 Å². The molecule has 0 bridgehead atoms. The fourth-order valence-corrected chi connectivity index (χ4v) is 1.92. The predicted octanol–water partition coefficient (Wildman–Crippen LogP) is 1.97. The summed E-state index contributed by atoms with van der Waals surface area (Å²) in [6, 6.07) is 9.02. The van der Waals surface area contributed by atoms with E-state index in [-0.39, 0.29) is 18.2 Å². The van der Waals surface area contributed by atoms with Crippen LogP contribution in [0.15, 0.2) is 30.3 Å². The van der Waals surface area contributed by atoms with Gasteiger partial charge in [-0.05, 0) is 25.0 Å². The number of hydrogen-bond donors (Lipinski definition) is 4. The lowest BCUT2D eigenvalue weighted by Gasteiger charge is -2.07. The van der Waals surface area contributed by atoms with E-state index in [1.807, 2.05) is 30.3 Å². The topological polar surface area (TPSA) is 128 Å². The SMILES string of the molecule is CNC(=O)C(=O)CCCCCCNC(=O)Nc1ccccc1.N=C=O. The van der Waals surface area contributed by atoms with Crippen LogP contribution in [0.3, 0.4) is 0 Å². The average Bonchev–Trinajstić information content (AvgIpc) is 2.61. The van der Waals surface area contributed by atoms with Crippen LogP contribution in [0.1, 0.15) is 32.1 Å². The smallest absolute Gasteiger partial charge is 0.319 e. The van der Waals surface area contributed by atoms with Gasteiger partial charge in [-0.15, -0.1) is 0 Å². The first-order valence-corrected chi connectivity index (χ1v) is 7.93. The molecule has 0 unspecified atom stereocenters. The van der Waals surface area contributed by atoms with Crippen LogP contribution in [0.2, 0.25) is 0 Å². The van der Waals surface area contributed by atoms with Gasteiger partial charge in [0.05, 0.1) is 0 Å². The van der Waals surface area contributed by atoms with E-state index in [4.69, 9.17) is 10.2 Å². The van der Waals surface area contributed by atoms with Gasteiger partial charge < -0.3 is 16.0 Å². The van der Waals surface area contributed by atoms with Gasteiger partial charge in [0.2, 0.25) is 11.9 Å². The zero-order chi connectivity index (χ0) is 18.9. The Morgan fingerprint density at radius 3 is 2.24 bits per heavy atom. The van der Waals surface area contributed by atoms with E-state index >= 15 is 0 Å². The van der Waals surface area contributed by atoms with Gasteiger partial charge >= 0.3 is 6.03 Å². The molecule has 0 saturated heterocycles. The van der Waals surface area contributed by atoms with Gasteiger partial charge in [-0.2, -0.15) is 0 Å². The number of carbonyl (C=O) groups excluding carboxylic acids is 4. The number of ketones is 1. The molecule has 0 aromatic heterocycles. The maximum atomic E-state index is 11.6. The second-order valence-corrected chi connectivity index (χ2v) is 5.02. The number of para-hydroxylation sites is 1. The number of carbonyl (C=O) groups is 3. The Labute approximate surface area is 146 Å². The molecule has 0 aliphatic rings. The molecule has 4 N–H and O–H groups in total. The second kappa shape index (κ2) is 14.6. The Bertz CT molecular complexity index is 569. The molecule has 25 heavy (non-hydrogen) atoms. The fraction of sp³-hybridized carbons (Fsp3) is 0.412. The van der Waals surface area contributed by atoms with E-state index < -0.39 is 5.91 Å². The maximum Gasteiger partial charge on any atom is 0.319 e. The van der Waals surface area contributed by atoms with Crippen molar-refractivity contribution in [3.8, 4) is 0 Å². The summed E-state index contributed by atoms with van der Waals surface area (Å²) in [6.07, 6.45) is 4.35. The molecule has 1 aromatic rings. The van der Waals surface area contributed by atoms with Crippen molar-refractivity contribution in [1.82, 2.24) is 10.6 Å². The molecule has 136 valence electrons. The highest BCUT2D eigenvalue weighted by Gasteiger charge is 2.09. The molecule has 0 aliphatic carbocycles. The number of urea groups is 1. The van der Waals surface area contributed by atoms with Crippen molar-refractivity contribution in [1.29, 1.82) is 5.41 Å². The number of rotatable bonds is 9. The minimum absolute atomic E-state index is 0.221. The number of unbranched alkanes of at least 4 members (excludes halogenated alkanes) is 3. The van der Waals surface area contributed by atoms with E-state index in [0.29, 0.717) is 13.0 Å². The molecular formula is C17H24N4O4. The Hall–Kier alpha value is -2.99. The van der Waals surface area contributed by atoms with E-state index in [1.54, 1.807) is 0 Å². The molecule has 3 amide bonds. The molecule has 0 atom stereocenters. The molecule has 0 spiro atoms. The molecule has 0 heterocycles. The summed E-state index contributed by atoms with van der Waals surface area (Å²) < 4.78 is 0. The van der Waals surface area contributed by atoms with E-state index in [2.05, 4.69) is 16.0 Å². The third kappa shape index (κ3) is 12.1. The van der Waals surface area contributed by atoms with Gasteiger partial charge in [0.15, 0.2) is 0 Å². The number of anilines is 1. The lowest BCUT2D eigenvalue weighted by atomic mass is 10.1. The largest absolute Gasteiger partial charge is 0.353 e. The van der Waals surface area contributed by atoms with Crippen molar-refractivity contribution in [2.45, 2.75) is 32.1 Å². The standard InChI is InChI=1S/C16H23N3O3.CHNO/c1-17-15(21)14(20)11-7-2-3-8-12-18-16(22)19-13-9-5-4-6-10-13;2-1-3/h4-6,9-10H,2-3,7-8,11-12H2,1H3,(H,17,21)(H2,18,19,22);2H. The number of Topliss-reactive ketones (excluding diaryl/α,β-unsaturated/α-hetero) is 1. The number of hydrogen-bond acceptors (Lipinski definition) is 5. The predicted molar refractivity (Wildman–Crippen MR) is 94.0 cm³/mol. The molecule has 0 saturated carbocycles. The van der Waals surface area contributed by atoms with Crippen LogP contribution in [0, 0.1) is 5.41 Å². The Morgan fingerprint density at radius 1 is 1.04 bits per heavy atom. The molecule has 1 aromatic carbocycles. The van der Waals surface area contributed by atoms with Crippen LogP contribution >= 0.6 is 0 Å². The number of amides is 3. The summed E-state index contributed by atoms with van der Waals surface area (Å²) in [5.41, 5.74) is 0.757. The van der Waals surface area contributed by atoms with Crippen molar-refractivity contribution < 1.29 is 19.2 Å². The highest BCUT2D eigenvalue weighted by Crippen LogP contribution is 2.05. The minimum atomic E-state index is -0.528. The van der Waals surface area contributed by atoms with Crippen LogP contribution in [0.4, 0.5) is 10.5 Å². The Kier molecular flexibility index (Phi) is 12.8. The highest BCUT2D eigenvalue weighted by molar-refractivity contribution is 6.36. The third-order valence-corrected chi connectivity index (χ3v) is 3.13. The average molecular weight is 348 g/mol. The first-order chi connectivity index (χ1) is 12.0. The monoisotopic (exact) mass is 348 g/mol. The molecule has 1 rings (SSSR count). The van der Waals surface area contributed by atoms with Crippen molar-refractivity contribution in [2.75, 3.05) is 18.9 Å². The normalized spacial score (nSPS) is 9.00. The van der Waals surface area contributed by atoms with Crippen LogP contribution in [0.5, 0.6) is 0 Å². The second-order valence-electron chi connectivity index (χ2n) is 5.02. The lowest BCUT2D eigenvalue weighted by Crippen LogP contribution is -2.29. The van der Waals surface area contributed by atoms with E-state index in [0.717, 1.165) is 31.0 Å². The maximum absolute atomic E-state index is 11.6. The van der Waals surface area contributed by atoms with E-state index in [1.165, 1.54) is 7.05 Å². The first kappa shape index (κ1) is 22.0. The highest BCUT2D eigenvalue weighted by atomic mass is 16.2. The molecule has 0 fully saturated rings. The van der Waals surface area contributed by atoms with Gasteiger partial charge in [0.1, 0.15) is 0 Å². The third-order valence-electron chi connectivity index (χ3n) is 3.13. The van der Waals surface area contributed by atoms with Crippen LogP contribution in [-0.4, -0.2) is 37.4 Å². The quantitative estimate of drug-likeness (QED) is 0.235. The molecular weight excluding hydrogens is 324 g/mol. The van der Waals surface area contributed by atoms with Crippen LogP contribution in [-0.2, 0) is 14.4 Å². The van der Waals surface area contributed by atoms with Crippen molar-refractivity contribution in [3.63, 3.8) is 0 Å². The molecule has 8 heteroatoms. The van der Waals surface area contributed by atoms with Crippen molar-refractivity contribution in [3.05, 3.63) is 30.3 Å². The fourth-order valence-electron chi connectivity index (χ4n) is 1.92. The summed E-state index contributed by atoms with van der Waals surface area (Å²) in [5, 5.41) is 13.2. The Balaban J connectivity index is 0.00000178. The van der Waals surface area contributed by atoms with Gasteiger partial charge in [-0.1, -0.05) is 31.0 Å². The van der Waals surface area contributed by atoms with Gasteiger partial charge in [0, 0.05) is 25.7 Å². The summed E-state index contributed by atoms with van der Waals surface area (Å²) >= 11 is 0. The summed E-state index contributed by atoms with van der Waals surface area (Å²) in [4.78, 5) is 42.2. The zero-order valence-corrected chi connectivity index (χ0v) is 14.3. The van der Waals surface area contributed by atoms with Gasteiger partial charge in [-0.3, -0.25) is 9.59 Å². The summed E-state index contributed by atoms with van der Waals surface area (Å²) in [5.74, 6) is -0.901. The number of isocyanates is 1. The lowest BCUT2D eigenvalue weighted by molar-refractivity contribution is -0.137. The van der Waals surface area contributed by atoms with E-state index in [9.17, 15) is 14.4 Å². The van der Waals surface area contributed by atoms with Crippen molar-refractivity contribution in [2.24, 2.45) is 0 Å². The number of nitrogens with one attached hydrogen (secondary N) is 4. The molecule has 0 aliphatic heterocycles. The zero-order valence-electron chi connectivity index (χ0n) is 14.3. The molecule has 8 nitrogen and oxygen atoms in total. The number of likely N-dealkylation sites (N-methyl/N-ethyl adjacent to an activating group) is 1. The van der Waals surface area contributed by atoms with Crippen molar-refractivity contribution >= 4 is 29.5 Å². The molecule has 0 radical (unpaired) electrons. The van der Waals surface area contributed by atoms with Crippen LogP contribution < -0.4 is 16.0 Å². The first-order valence-electron chi connectivity index (χ1n) is 7.93. The summed E-state index contributed by atoms with van der Waals surface area (Å²) in [6.45, 7) is 0.585.